The van der Waals surface area contributed by atoms with Crippen molar-refractivity contribution in [2.24, 2.45) is 0 Å². The van der Waals surface area contributed by atoms with Crippen LogP contribution in [0.2, 0.25) is 5.02 Å². The third-order valence-electron chi connectivity index (χ3n) is 4.37. The van der Waals surface area contributed by atoms with Crippen LogP contribution < -0.4 is 5.32 Å². The molecule has 21 heavy (non-hydrogen) atoms. The van der Waals surface area contributed by atoms with Crippen molar-refractivity contribution in [2.75, 3.05) is 13.1 Å². The number of halogens is 1. The minimum absolute atomic E-state index is 0.363. The molecule has 112 valence electrons. The Balaban J connectivity index is 1.59. The summed E-state index contributed by atoms with van der Waals surface area (Å²) < 4.78 is 8.44. The maximum atomic E-state index is 6.09. The zero-order chi connectivity index (χ0) is 14.2. The van der Waals surface area contributed by atoms with Gasteiger partial charge >= 0.3 is 0 Å². The first-order valence-electron chi connectivity index (χ1n) is 7.80. The van der Waals surface area contributed by atoms with Gasteiger partial charge in [-0.05, 0) is 57.0 Å². The molecule has 0 spiro atoms. The van der Waals surface area contributed by atoms with Gasteiger partial charge in [0.15, 0.2) is 0 Å². The van der Waals surface area contributed by atoms with E-state index in [0.29, 0.717) is 18.8 Å². The van der Waals surface area contributed by atoms with Crippen molar-refractivity contribution in [1.82, 2.24) is 14.9 Å². The lowest BCUT2D eigenvalue weighted by molar-refractivity contribution is 0.0166. The highest BCUT2D eigenvalue weighted by atomic mass is 35.5. The molecular formula is C16H20ClN3O. The average molecular weight is 306 g/mol. The van der Waals surface area contributed by atoms with Gasteiger partial charge in [-0.3, -0.25) is 0 Å². The van der Waals surface area contributed by atoms with E-state index in [1.54, 1.807) is 0 Å². The number of nitrogens with zero attached hydrogens (tertiary/aromatic N) is 2. The molecule has 0 radical (unpaired) electrons. The van der Waals surface area contributed by atoms with Crippen LogP contribution in [0.4, 0.5) is 0 Å². The first-order valence-corrected chi connectivity index (χ1v) is 8.18. The van der Waals surface area contributed by atoms with Crippen LogP contribution in [0.15, 0.2) is 18.2 Å². The summed E-state index contributed by atoms with van der Waals surface area (Å²) in [6.45, 7) is 2.71. The van der Waals surface area contributed by atoms with Crippen molar-refractivity contribution in [3.05, 3.63) is 29.0 Å². The first kappa shape index (κ1) is 13.6. The van der Waals surface area contributed by atoms with Crippen LogP contribution in [-0.4, -0.2) is 28.7 Å². The van der Waals surface area contributed by atoms with E-state index in [-0.39, 0.29) is 0 Å². The van der Waals surface area contributed by atoms with Gasteiger partial charge in [0.2, 0.25) is 0 Å². The van der Waals surface area contributed by atoms with Gasteiger partial charge in [-0.15, -0.1) is 0 Å². The minimum atomic E-state index is 0.363. The molecule has 1 aliphatic heterocycles. The van der Waals surface area contributed by atoms with E-state index in [1.807, 2.05) is 12.1 Å². The van der Waals surface area contributed by atoms with Gasteiger partial charge in [0.25, 0.3) is 0 Å². The van der Waals surface area contributed by atoms with E-state index >= 15 is 0 Å². The van der Waals surface area contributed by atoms with Crippen LogP contribution in [0.25, 0.3) is 11.0 Å². The highest BCUT2D eigenvalue weighted by Crippen LogP contribution is 2.39. The Hall–Kier alpha value is -1.10. The molecule has 1 N–H and O–H groups in total. The fraction of sp³-hybridized carbons (Fsp3) is 0.562. The average Bonchev–Trinajstić information content (AvgIpc) is 3.27. The predicted molar refractivity (Wildman–Crippen MR) is 83.7 cm³/mol. The second-order valence-corrected chi connectivity index (χ2v) is 6.46. The molecule has 4 nitrogen and oxygen atoms in total. The molecule has 1 saturated carbocycles. The van der Waals surface area contributed by atoms with Crippen LogP contribution in [0.3, 0.4) is 0 Å². The number of imidazole rings is 1. The van der Waals surface area contributed by atoms with Gasteiger partial charge in [0.05, 0.1) is 17.1 Å². The smallest absolute Gasteiger partial charge is 0.136 e. The summed E-state index contributed by atoms with van der Waals surface area (Å²) in [5, 5.41) is 4.11. The SMILES string of the molecule is Clc1ccc2c(c1)nc(COC1CCNCC1)n2C1CC1. The summed E-state index contributed by atoms with van der Waals surface area (Å²) in [7, 11) is 0. The monoisotopic (exact) mass is 305 g/mol. The van der Waals surface area contributed by atoms with Crippen molar-refractivity contribution in [2.45, 2.75) is 44.4 Å². The number of nitrogens with one attached hydrogen (secondary N) is 1. The number of fused-ring (bicyclic) bond motifs is 1. The van der Waals surface area contributed by atoms with Crippen LogP contribution in [-0.2, 0) is 11.3 Å². The van der Waals surface area contributed by atoms with Crippen molar-refractivity contribution in [3.8, 4) is 0 Å². The maximum Gasteiger partial charge on any atom is 0.136 e. The third-order valence-corrected chi connectivity index (χ3v) is 4.61. The summed E-state index contributed by atoms with van der Waals surface area (Å²) in [6.07, 6.45) is 5.04. The number of ether oxygens (including phenoxy) is 1. The van der Waals surface area contributed by atoms with E-state index in [1.165, 1.54) is 18.4 Å². The van der Waals surface area contributed by atoms with E-state index < -0.39 is 0 Å². The molecule has 2 aromatic rings. The fourth-order valence-corrected chi connectivity index (χ4v) is 3.28. The molecule has 0 bridgehead atoms. The topological polar surface area (TPSA) is 39.1 Å². The predicted octanol–water partition coefficient (Wildman–Crippen LogP) is 3.29. The molecule has 0 amide bonds. The Bertz CT molecular complexity index is 644. The summed E-state index contributed by atoms with van der Waals surface area (Å²) in [4.78, 5) is 4.76. The Labute approximate surface area is 129 Å². The van der Waals surface area contributed by atoms with Crippen molar-refractivity contribution >= 4 is 22.6 Å². The first-order chi connectivity index (χ1) is 10.3. The highest BCUT2D eigenvalue weighted by Gasteiger charge is 2.28. The molecule has 0 unspecified atom stereocenters. The van der Waals surface area contributed by atoms with Gasteiger partial charge in [-0.2, -0.15) is 0 Å². The highest BCUT2D eigenvalue weighted by molar-refractivity contribution is 6.31. The van der Waals surface area contributed by atoms with Crippen LogP contribution >= 0.6 is 11.6 Å². The summed E-state index contributed by atoms with van der Waals surface area (Å²) in [5.74, 6) is 1.05. The summed E-state index contributed by atoms with van der Waals surface area (Å²) in [5.41, 5.74) is 2.17. The summed E-state index contributed by atoms with van der Waals surface area (Å²) >= 11 is 6.09. The van der Waals surface area contributed by atoms with Crippen molar-refractivity contribution < 1.29 is 4.74 Å². The zero-order valence-electron chi connectivity index (χ0n) is 12.0. The quantitative estimate of drug-likeness (QED) is 0.942. The number of rotatable bonds is 4. The zero-order valence-corrected chi connectivity index (χ0v) is 12.8. The van der Waals surface area contributed by atoms with E-state index in [2.05, 4.69) is 16.0 Å². The largest absolute Gasteiger partial charge is 0.370 e. The van der Waals surface area contributed by atoms with Gasteiger partial charge in [-0.1, -0.05) is 11.6 Å². The fourth-order valence-electron chi connectivity index (χ4n) is 3.12. The normalized spacial score (nSPS) is 20.2. The lowest BCUT2D eigenvalue weighted by atomic mass is 10.1. The molecule has 4 rings (SSSR count). The molecule has 0 atom stereocenters. The Morgan fingerprint density at radius 2 is 2.05 bits per heavy atom. The number of aromatic nitrogens is 2. The number of benzene rings is 1. The van der Waals surface area contributed by atoms with Crippen LogP contribution in [0, 0.1) is 0 Å². The molecule has 1 saturated heterocycles. The second-order valence-electron chi connectivity index (χ2n) is 6.02. The standard InChI is InChI=1S/C16H20ClN3O/c17-11-1-4-15-14(9-11)19-16(20(15)12-2-3-12)10-21-13-5-7-18-8-6-13/h1,4,9,12-13,18H,2-3,5-8,10H2. The van der Waals surface area contributed by atoms with Gasteiger partial charge in [-0.25, -0.2) is 4.98 Å². The van der Waals surface area contributed by atoms with E-state index in [4.69, 9.17) is 21.3 Å². The van der Waals surface area contributed by atoms with Crippen LogP contribution in [0.5, 0.6) is 0 Å². The Morgan fingerprint density at radius 3 is 2.81 bits per heavy atom. The molecule has 1 aromatic heterocycles. The lowest BCUT2D eigenvalue weighted by Crippen LogP contribution is -2.32. The Kier molecular flexibility index (Phi) is 3.61. The molecule has 2 aliphatic rings. The molecular weight excluding hydrogens is 286 g/mol. The molecule has 2 fully saturated rings. The van der Waals surface area contributed by atoms with Gasteiger partial charge in [0.1, 0.15) is 12.4 Å². The van der Waals surface area contributed by atoms with Crippen molar-refractivity contribution in [1.29, 1.82) is 0 Å². The van der Waals surface area contributed by atoms with E-state index in [0.717, 1.165) is 42.3 Å². The molecule has 1 aromatic carbocycles. The van der Waals surface area contributed by atoms with Gasteiger partial charge < -0.3 is 14.6 Å². The van der Waals surface area contributed by atoms with Crippen LogP contribution in [0.1, 0.15) is 37.5 Å². The second kappa shape index (κ2) is 5.59. The number of piperidine rings is 1. The lowest BCUT2D eigenvalue weighted by Gasteiger charge is -2.23. The third kappa shape index (κ3) is 2.80. The maximum absolute atomic E-state index is 6.09. The summed E-state index contributed by atoms with van der Waals surface area (Å²) in [6, 6.07) is 6.57. The van der Waals surface area contributed by atoms with Gasteiger partial charge in [0, 0.05) is 11.1 Å². The van der Waals surface area contributed by atoms with E-state index in [9.17, 15) is 0 Å². The molecule has 1 aliphatic carbocycles. The number of hydrogen-bond donors (Lipinski definition) is 1. The number of hydrogen-bond acceptors (Lipinski definition) is 3. The minimum Gasteiger partial charge on any atom is -0.370 e. The molecule has 2 heterocycles. The molecule has 5 heteroatoms. The van der Waals surface area contributed by atoms with Crippen molar-refractivity contribution in [3.63, 3.8) is 0 Å². The Morgan fingerprint density at radius 1 is 1.24 bits per heavy atom.